The molecule has 3 aromatic rings. The Balaban J connectivity index is 1.71. The van der Waals surface area contributed by atoms with E-state index in [0.29, 0.717) is 0 Å². The van der Waals surface area contributed by atoms with E-state index in [4.69, 9.17) is 4.98 Å². The van der Waals surface area contributed by atoms with Crippen LogP contribution in [0.5, 0.6) is 0 Å². The number of aromatic nitrogens is 4. The Labute approximate surface area is 130 Å². The van der Waals surface area contributed by atoms with Crippen LogP contribution in [-0.2, 0) is 0 Å². The summed E-state index contributed by atoms with van der Waals surface area (Å²) in [7, 11) is 0. The van der Waals surface area contributed by atoms with E-state index in [1.54, 1.807) is 12.4 Å². The second-order valence-corrected chi connectivity index (χ2v) is 6.11. The van der Waals surface area contributed by atoms with Crippen LogP contribution in [0.3, 0.4) is 0 Å². The smallest absolute Gasteiger partial charge is 0.225 e. The van der Waals surface area contributed by atoms with Gasteiger partial charge < -0.3 is 9.88 Å². The molecule has 0 spiro atoms. The van der Waals surface area contributed by atoms with Crippen molar-refractivity contribution in [1.82, 2.24) is 19.9 Å². The predicted molar refractivity (Wildman–Crippen MR) is 85.1 cm³/mol. The van der Waals surface area contributed by atoms with Gasteiger partial charge in [0.25, 0.3) is 0 Å². The molecule has 21 heavy (non-hydrogen) atoms. The molecule has 2 aromatic heterocycles. The molecule has 3 heterocycles. The number of aromatic amines is 1. The van der Waals surface area contributed by atoms with E-state index in [1.165, 1.54) is 0 Å². The minimum Gasteiger partial charge on any atom is -0.340 e. The van der Waals surface area contributed by atoms with Gasteiger partial charge in [-0.1, -0.05) is 12.1 Å². The number of imidazole rings is 1. The maximum absolute atomic E-state index is 4.73. The van der Waals surface area contributed by atoms with Crippen molar-refractivity contribution in [3.05, 3.63) is 47.0 Å². The van der Waals surface area contributed by atoms with E-state index < -0.39 is 0 Å². The summed E-state index contributed by atoms with van der Waals surface area (Å²) in [5, 5.41) is 0. The largest absolute Gasteiger partial charge is 0.340 e. The van der Waals surface area contributed by atoms with Gasteiger partial charge >= 0.3 is 0 Å². The SMILES string of the molecule is Brc1cnc(N2CCC[C@H]2c2nc3ccccc3[nH]2)nc1. The summed E-state index contributed by atoms with van der Waals surface area (Å²) in [6, 6.07) is 8.34. The number of para-hydroxylation sites is 2. The quantitative estimate of drug-likeness (QED) is 0.774. The highest BCUT2D eigenvalue weighted by atomic mass is 79.9. The lowest BCUT2D eigenvalue weighted by Crippen LogP contribution is -2.25. The Morgan fingerprint density at radius 1 is 1.19 bits per heavy atom. The first-order valence-corrected chi connectivity index (χ1v) is 7.79. The Kier molecular flexibility index (Phi) is 3.11. The molecule has 0 unspecified atom stereocenters. The van der Waals surface area contributed by atoms with Crippen molar-refractivity contribution in [2.45, 2.75) is 18.9 Å². The number of rotatable bonds is 2. The predicted octanol–water partition coefficient (Wildman–Crippen LogP) is 3.46. The second kappa shape index (κ2) is 5.11. The number of fused-ring (bicyclic) bond motifs is 1. The standard InChI is InChI=1S/C15H14BrN5/c16-10-8-17-15(18-9-10)21-7-3-6-13(21)14-19-11-4-1-2-5-12(11)20-14/h1-2,4-5,8-9,13H,3,6-7H2,(H,19,20)/t13-/m0/s1. The molecular formula is C15H14BrN5. The third kappa shape index (κ3) is 2.29. The summed E-state index contributed by atoms with van der Waals surface area (Å²) < 4.78 is 0.894. The normalized spacial score (nSPS) is 18.5. The molecular weight excluding hydrogens is 330 g/mol. The zero-order valence-corrected chi connectivity index (χ0v) is 12.9. The highest BCUT2D eigenvalue weighted by molar-refractivity contribution is 9.10. The molecule has 1 aliphatic rings. The van der Waals surface area contributed by atoms with Gasteiger partial charge in [-0.15, -0.1) is 0 Å². The van der Waals surface area contributed by atoms with Crippen LogP contribution in [0.1, 0.15) is 24.7 Å². The lowest BCUT2D eigenvalue weighted by molar-refractivity contribution is 0.665. The van der Waals surface area contributed by atoms with Gasteiger partial charge in [0.1, 0.15) is 5.82 Å². The molecule has 1 fully saturated rings. The molecule has 0 aliphatic carbocycles. The monoisotopic (exact) mass is 343 g/mol. The minimum atomic E-state index is 0.221. The van der Waals surface area contributed by atoms with Gasteiger partial charge in [-0.3, -0.25) is 0 Å². The molecule has 1 atom stereocenters. The van der Waals surface area contributed by atoms with Crippen molar-refractivity contribution in [2.75, 3.05) is 11.4 Å². The summed E-state index contributed by atoms with van der Waals surface area (Å²) >= 11 is 3.38. The van der Waals surface area contributed by atoms with Gasteiger partial charge in [-0.25, -0.2) is 15.0 Å². The molecule has 1 aliphatic heterocycles. The number of hydrogen-bond acceptors (Lipinski definition) is 4. The first-order valence-electron chi connectivity index (χ1n) is 7.00. The number of halogens is 1. The average Bonchev–Trinajstić information content (AvgIpc) is 3.14. The lowest BCUT2D eigenvalue weighted by atomic mass is 10.2. The highest BCUT2D eigenvalue weighted by Crippen LogP contribution is 2.33. The molecule has 0 radical (unpaired) electrons. The number of hydrogen-bond donors (Lipinski definition) is 1. The van der Waals surface area contributed by atoms with E-state index in [-0.39, 0.29) is 6.04 Å². The number of benzene rings is 1. The van der Waals surface area contributed by atoms with E-state index in [9.17, 15) is 0 Å². The summed E-state index contributed by atoms with van der Waals surface area (Å²) in [6.07, 6.45) is 5.77. The molecule has 0 saturated carbocycles. The number of nitrogens with zero attached hydrogens (tertiary/aromatic N) is 4. The van der Waals surface area contributed by atoms with Crippen molar-refractivity contribution >= 4 is 32.9 Å². The zero-order chi connectivity index (χ0) is 14.2. The Morgan fingerprint density at radius 3 is 2.81 bits per heavy atom. The van der Waals surface area contributed by atoms with E-state index in [2.05, 4.69) is 41.8 Å². The van der Waals surface area contributed by atoms with E-state index >= 15 is 0 Å². The van der Waals surface area contributed by atoms with Gasteiger partial charge in [-0.2, -0.15) is 0 Å². The van der Waals surface area contributed by atoms with Crippen molar-refractivity contribution in [3.8, 4) is 0 Å². The van der Waals surface area contributed by atoms with Crippen molar-refractivity contribution in [1.29, 1.82) is 0 Å². The van der Waals surface area contributed by atoms with E-state index in [0.717, 1.165) is 46.7 Å². The Bertz CT molecular complexity index is 734. The number of anilines is 1. The second-order valence-electron chi connectivity index (χ2n) is 5.19. The molecule has 106 valence electrons. The van der Waals surface area contributed by atoms with Crippen LogP contribution in [0, 0.1) is 0 Å². The first-order chi connectivity index (χ1) is 10.3. The van der Waals surface area contributed by atoms with Crippen molar-refractivity contribution in [2.24, 2.45) is 0 Å². The molecule has 4 rings (SSSR count). The van der Waals surface area contributed by atoms with Crippen LogP contribution in [-0.4, -0.2) is 26.5 Å². The fourth-order valence-corrected chi connectivity index (χ4v) is 3.08. The summed E-state index contributed by atoms with van der Waals surface area (Å²) in [4.78, 5) is 19.2. The van der Waals surface area contributed by atoms with Crippen LogP contribution in [0.25, 0.3) is 11.0 Å². The summed E-state index contributed by atoms with van der Waals surface area (Å²) in [5.41, 5.74) is 2.09. The maximum atomic E-state index is 4.73. The first kappa shape index (κ1) is 12.8. The highest BCUT2D eigenvalue weighted by Gasteiger charge is 2.30. The van der Waals surface area contributed by atoms with Crippen LogP contribution in [0.15, 0.2) is 41.1 Å². The minimum absolute atomic E-state index is 0.221. The summed E-state index contributed by atoms with van der Waals surface area (Å²) in [5.74, 6) is 1.77. The number of H-pyrrole nitrogens is 1. The van der Waals surface area contributed by atoms with Crippen LogP contribution in [0.2, 0.25) is 0 Å². The summed E-state index contributed by atoms with van der Waals surface area (Å²) in [6.45, 7) is 0.962. The Morgan fingerprint density at radius 2 is 2.00 bits per heavy atom. The van der Waals surface area contributed by atoms with Crippen molar-refractivity contribution < 1.29 is 0 Å². The average molecular weight is 344 g/mol. The molecule has 1 N–H and O–H groups in total. The zero-order valence-electron chi connectivity index (χ0n) is 11.3. The fraction of sp³-hybridized carbons (Fsp3) is 0.267. The van der Waals surface area contributed by atoms with Gasteiger partial charge in [0.05, 0.1) is 21.5 Å². The third-order valence-electron chi connectivity index (χ3n) is 3.84. The van der Waals surface area contributed by atoms with Crippen LogP contribution < -0.4 is 4.90 Å². The van der Waals surface area contributed by atoms with Gasteiger partial charge in [0, 0.05) is 18.9 Å². The van der Waals surface area contributed by atoms with Gasteiger partial charge in [0.15, 0.2) is 0 Å². The maximum Gasteiger partial charge on any atom is 0.225 e. The third-order valence-corrected chi connectivity index (χ3v) is 4.25. The molecule has 0 bridgehead atoms. The molecule has 6 heteroatoms. The van der Waals surface area contributed by atoms with Gasteiger partial charge in [0.2, 0.25) is 5.95 Å². The lowest BCUT2D eigenvalue weighted by Gasteiger charge is -2.22. The fourth-order valence-electron chi connectivity index (χ4n) is 2.87. The molecule has 1 saturated heterocycles. The van der Waals surface area contributed by atoms with Crippen molar-refractivity contribution in [3.63, 3.8) is 0 Å². The molecule has 5 nitrogen and oxygen atoms in total. The topological polar surface area (TPSA) is 57.7 Å². The van der Waals surface area contributed by atoms with E-state index in [1.807, 2.05) is 18.2 Å². The number of nitrogens with one attached hydrogen (secondary N) is 1. The Hall–Kier alpha value is -1.95. The van der Waals surface area contributed by atoms with Crippen LogP contribution in [0.4, 0.5) is 5.95 Å². The van der Waals surface area contributed by atoms with Crippen LogP contribution >= 0.6 is 15.9 Å². The molecule has 0 amide bonds. The molecule has 1 aromatic carbocycles. The van der Waals surface area contributed by atoms with Gasteiger partial charge in [-0.05, 0) is 40.9 Å².